The van der Waals surface area contributed by atoms with Crippen LogP contribution in [-0.2, 0) is 4.79 Å². The summed E-state index contributed by atoms with van der Waals surface area (Å²) in [5.41, 5.74) is 2.80. The highest BCUT2D eigenvalue weighted by atomic mass is 16.2. The van der Waals surface area contributed by atoms with E-state index in [9.17, 15) is 4.79 Å². The number of rotatable bonds is 5. The van der Waals surface area contributed by atoms with Crippen LogP contribution >= 0.6 is 0 Å². The van der Waals surface area contributed by atoms with Crippen molar-refractivity contribution in [3.8, 4) is 0 Å². The molecule has 0 aliphatic rings. The van der Waals surface area contributed by atoms with Crippen LogP contribution in [0.5, 0.6) is 0 Å². The van der Waals surface area contributed by atoms with Crippen LogP contribution in [0.2, 0.25) is 0 Å². The fraction of sp³-hybridized carbons (Fsp3) is 0.286. The maximum atomic E-state index is 12.4. The number of nitrogens with one attached hydrogen (secondary N) is 1. The van der Waals surface area contributed by atoms with Crippen LogP contribution in [0.25, 0.3) is 0 Å². The molecule has 2 nitrogen and oxygen atoms in total. The minimum absolute atomic E-state index is 0.0235. The van der Waals surface area contributed by atoms with E-state index in [1.54, 1.807) is 0 Å². The number of carbonyl (C=O) groups is 1. The van der Waals surface area contributed by atoms with Gasteiger partial charge >= 0.3 is 0 Å². The third-order valence-corrected chi connectivity index (χ3v) is 3.87. The molecule has 0 bridgehead atoms. The van der Waals surface area contributed by atoms with Gasteiger partial charge in [-0.15, -0.1) is 6.58 Å². The quantitative estimate of drug-likeness (QED) is 0.738. The van der Waals surface area contributed by atoms with Gasteiger partial charge in [0.15, 0.2) is 0 Å². The number of para-hydroxylation sites is 1. The number of hydrogen-bond acceptors (Lipinski definition) is 1. The molecule has 0 aromatic heterocycles. The van der Waals surface area contributed by atoms with Gasteiger partial charge in [0, 0.05) is 17.0 Å². The lowest BCUT2D eigenvalue weighted by molar-refractivity contribution is -0.123. The van der Waals surface area contributed by atoms with Crippen molar-refractivity contribution < 1.29 is 4.79 Å². The highest BCUT2D eigenvalue weighted by molar-refractivity contribution is 5.95. The van der Waals surface area contributed by atoms with E-state index in [-0.39, 0.29) is 11.8 Å². The fourth-order valence-electron chi connectivity index (χ4n) is 2.52. The molecule has 23 heavy (non-hydrogen) atoms. The monoisotopic (exact) mass is 307 g/mol. The number of anilines is 1. The van der Waals surface area contributed by atoms with Gasteiger partial charge in [-0.2, -0.15) is 0 Å². The first-order valence-electron chi connectivity index (χ1n) is 7.99. The fourth-order valence-corrected chi connectivity index (χ4v) is 2.52. The Kier molecular flexibility index (Phi) is 5.38. The third kappa shape index (κ3) is 4.32. The van der Waals surface area contributed by atoms with Crippen LogP contribution in [0.4, 0.5) is 5.69 Å². The van der Waals surface area contributed by atoms with Crippen molar-refractivity contribution in [2.75, 3.05) is 5.32 Å². The molecule has 120 valence electrons. The molecule has 0 spiro atoms. The van der Waals surface area contributed by atoms with Gasteiger partial charge in [-0.25, -0.2) is 0 Å². The SMILES string of the molecule is C=CC[C@@H](c1ccccc1)c1ccccc1NC(=O)C(C)(C)C. The summed E-state index contributed by atoms with van der Waals surface area (Å²) in [5.74, 6) is 0.209. The lowest BCUT2D eigenvalue weighted by atomic mass is 9.87. The Morgan fingerprint density at radius 2 is 1.70 bits per heavy atom. The Morgan fingerprint density at radius 1 is 1.09 bits per heavy atom. The molecule has 0 radical (unpaired) electrons. The summed E-state index contributed by atoms with van der Waals surface area (Å²) in [6.07, 6.45) is 2.76. The molecule has 0 unspecified atom stereocenters. The predicted octanol–water partition coefficient (Wildman–Crippen LogP) is 5.38. The first kappa shape index (κ1) is 17.0. The summed E-state index contributed by atoms with van der Waals surface area (Å²) in [4.78, 5) is 12.4. The maximum absolute atomic E-state index is 12.4. The van der Waals surface area contributed by atoms with E-state index in [2.05, 4.69) is 30.1 Å². The zero-order chi connectivity index (χ0) is 16.9. The molecular weight excluding hydrogens is 282 g/mol. The summed E-state index contributed by atoms with van der Waals surface area (Å²) in [6.45, 7) is 9.65. The molecular formula is C21H25NO. The number of benzene rings is 2. The molecule has 0 aliphatic carbocycles. The molecule has 0 aliphatic heterocycles. The number of allylic oxidation sites excluding steroid dienone is 1. The van der Waals surface area contributed by atoms with Crippen LogP contribution < -0.4 is 5.32 Å². The first-order chi connectivity index (χ1) is 10.9. The van der Waals surface area contributed by atoms with Crippen molar-refractivity contribution in [2.45, 2.75) is 33.1 Å². The molecule has 1 N–H and O–H groups in total. The smallest absolute Gasteiger partial charge is 0.229 e. The zero-order valence-electron chi connectivity index (χ0n) is 14.2. The van der Waals surface area contributed by atoms with Crippen LogP contribution in [0.1, 0.15) is 44.2 Å². The Hall–Kier alpha value is -2.35. The van der Waals surface area contributed by atoms with Gasteiger partial charge in [0.05, 0.1) is 0 Å². The van der Waals surface area contributed by atoms with Crippen molar-refractivity contribution in [3.63, 3.8) is 0 Å². The second kappa shape index (κ2) is 7.28. The minimum Gasteiger partial charge on any atom is -0.325 e. The van der Waals surface area contributed by atoms with E-state index in [4.69, 9.17) is 0 Å². The van der Waals surface area contributed by atoms with Gasteiger partial charge in [-0.1, -0.05) is 75.4 Å². The second-order valence-electron chi connectivity index (χ2n) is 6.78. The van der Waals surface area contributed by atoms with E-state index in [1.165, 1.54) is 5.56 Å². The summed E-state index contributed by atoms with van der Waals surface area (Å²) in [6, 6.07) is 18.4. The predicted molar refractivity (Wildman–Crippen MR) is 97.6 cm³/mol. The zero-order valence-corrected chi connectivity index (χ0v) is 14.2. The summed E-state index contributed by atoms with van der Waals surface area (Å²) >= 11 is 0. The Balaban J connectivity index is 2.41. The molecule has 0 saturated carbocycles. The maximum Gasteiger partial charge on any atom is 0.229 e. The van der Waals surface area contributed by atoms with E-state index in [0.29, 0.717) is 0 Å². The van der Waals surface area contributed by atoms with Crippen LogP contribution in [-0.4, -0.2) is 5.91 Å². The summed E-state index contributed by atoms with van der Waals surface area (Å²) < 4.78 is 0. The van der Waals surface area contributed by atoms with Crippen molar-refractivity contribution in [2.24, 2.45) is 5.41 Å². The second-order valence-corrected chi connectivity index (χ2v) is 6.78. The Morgan fingerprint density at radius 3 is 2.30 bits per heavy atom. The van der Waals surface area contributed by atoms with Crippen molar-refractivity contribution in [1.82, 2.24) is 0 Å². The highest BCUT2D eigenvalue weighted by Crippen LogP contribution is 2.34. The van der Waals surface area contributed by atoms with Crippen LogP contribution in [0, 0.1) is 5.41 Å². The molecule has 0 fully saturated rings. The van der Waals surface area contributed by atoms with Gasteiger partial charge in [0.1, 0.15) is 0 Å². The molecule has 2 aromatic carbocycles. The highest BCUT2D eigenvalue weighted by Gasteiger charge is 2.23. The summed E-state index contributed by atoms with van der Waals surface area (Å²) in [7, 11) is 0. The lowest BCUT2D eigenvalue weighted by Gasteiger charge is -2.23. The molecule has 0 heterocycles. The van der Waals surface area contributed by atoms with E-state index >= 15 is 0 Å². The van der Waals surface area contributed by atoms with Crippen molar-refractivity contribution in [1.29, 1.82) is 0 Å². The average Bonchev–Trinajstić information content (AvgIpc) is 2.53. The normalized spacial score (nSPS) is 12.5. The van der Waals surface area contributed by atoms with Gasteiger partial charge in [0.2, 0.25) is 5.91 Å². The lowest BCUT2D eigenvalue weighted by Crippen LogP contribution is -2.28. The number of hydrogen-bond donors (Lipinski definition) is 1. The molecule has 2 aromatic rings. The van der Waals surface area contributed by atoms with Gasteiger partial charge < -0.3 is 5.32 Å². The van der Waals surface area contributed by atoms with Gasteiger partial charge in [-0.3, -0.25) is 4.79 Å². The van der Waals surface area contributed by atoms with Crippen molar-refractivity contribution >= 4 is 11.6 Å². The topological polar surface area (TPSA) is 29.1 Å². The minimum atomic E-state index is -0.423. The standard InChI is InChI=1S/C21H25NO/c1-5-11-17(16-12-7-6-8-13-16)18-14-9-10-15-19(18)22-20(23)21(2,3)4/h5-10,12-15,17H,1,11H2,2-4H3,(H,22,23)/t17-/m0/s1. The van der Waals surface area contributed by atoms with Gasteiger partial charge in [0.25, 0.3) is 0 Å². The van der Waals surface area contributed by atoms with E-state index in [1.807, 2.05) is 63.2 Å². The number of amides is 1. The Labute approximate surface area is 139 Å². The molecule has 0 saturated heterocycles. The van der Waals surface area contributed by atoms with E-state index < -0.39 is 5.41 Å². The summed E-state index contributed by atoms with van der Waals surface area (Å²) in [5, 5.41) is 3.09. The first-order valence-corrected chi connectivity index (χ1v) is 7.99. The molecule has 1 amide bonds. The third-order valence-electron chi connectivity index (χ3n) is 3.87. The van der Waals surface area contributed by atoms with Gasteiger partial charge in [-0.05, 0) is 23.6 Å². The van der Waals surface area contributed by atoms with Crippen LogP contribution in [0.15, 0.2) is 67.3 Å². The largest absolute Gasteiger partial charge is 0.325 e. The average molecular weight is 307 g/mol. The Bertz CT molecular complexity index is 668. The molecule has 2 heteroatoms. The van der Waals surface area contributed by atoms with E-state index in [0.717, 1.165) is 17.7 Å². The number of carbonyl (C=O) groups excluding carboxylic acids is 1. The molecule has 2 rings (SSSR count). The molecule has 1 atom stereocenters. The van der Waals surface area contributed by atoms with Crippen LogP contribution in [0.3, 0.4) is 0 Å². The van der Waals surface area contributed by atoms with Crippen molar-refractivity contribution in [3.05, 3.63) is 78.4 Å².